The summed E-state index contributed by atoms with van der Waals surface area (Å²) in [6, 6.07) is 6.36. The van der Waals surface area contributed by atoms with Crippen LogP contribution in [0.4, 0.5) is 0 Å². The number of hydrogen-bond donors (Lipinski definition) is 1. The Kier molecular flexibility index (Phi) is 7.09. The predicted octanol–water partition coefficient (Wildman–Crippen LogP) is 4.64. The van der Waals surface area contributed by atoms with E-state index in [9.17, 15) is 0 Å². The first kappa shape index (κ1) is 14.5. The molecule has 1 rings (SSSR count). The molecule has 0 spiro atoms. The average molecular weight is 296 g/mol. The highest BCUT2D eigenvalue weighted by molar-refractivity contribution is 6.69. The summed E-state index contributed by atoms with van der Waals surface area (Å²) in [6.07, 6.45) is 0. The number of hydrogen-bond acceptors (Lipinski definition) is 1. The Morgan fingerprint density at radius 3 is 1.64 bits per heavy atom. The molecule has 1 aromatic carbocycles. The standard InChI is InChI=1S/C6H5ClO.C2H2Cl4/c7-5-1-3-6(8)4-2-5;3-1-2(4,5)6/h1-4,8H;1H2. The molecule has 1 nitrogen and oxygen atoms in total. The van der Waals surface area contributed by atoms with Crippen molar-refractivity contribution in [2.24, 2.45) is 0 Å². The van der Waals surface area contributed by atoms with Crippen LogP contribution in [0.15, 0.2) is 24.3 Å². The monoisotopic (exact) mass is 294 g/mol. The number of rotatable bonds is 0. The molecule has 0 aromatic heterocycles. The van der Waals surface area contributed by atoms with Crippen molar-refractivity contribution in [3.63, 3.8) is 0 Å². The molecule has 0 saturated heterocycles. The van der Waals surface area contributed by atoms with Crippen LogP contribution in [0, 0.1) is 0 Å². The Morgan fingerprint density at radius 1 is 1.07 bits per heavy atom. The van der Waals surface area contributed by atoms with Crippen LogP contribution in [0.2, 0.25) is 5.02 Å². The van der Waals surface area contributed by atoms with Gasteiger partial charge in [0.05, 0.1) is 5.88 Å². The highest BCUT2D eigenvalue weighted by Gasteiger charge is 2.16. The SMILES string of the molecule is ClCC(Cl)(Cl)Cl.Oc1ccc(Cl)cc1. The summed E-state index contributed by atoms with van der Waals surface area (Å²) in [4.78, 5) is 0. The average Bonchev–Trinajstić information content (AvgIpc) is 2.10. The molecule has 14 heavy (non-hydrogen) atoms. The third-order valence-corrected chi connectivity index (χ3v) is 2.44. The predicted molar refractivity (Wildman–Crippen MR) is 64.1 cm³/mol. The molecule has 0 saturated carbocycles. The minimum absolute atomic E-state index is 0.0394. The topological polar surface area (TPSA) is 20.2 Å². The van der Waals surface area contributed by atoms with Gasteiger partial charge in [-0.3, -0.25) is 0 Å². The Hall–Kier alpha value is 0.470. The van der Waals surface area contributed by atoms with Gasteiger partial charge in [0, 0.05) is 5.02 Å². The molecule has 0 unspecified atom stereocenters. The number of aromatic hydroxyl groups is 1. The van der Waals surface area contributed by atoms with E-state index >= 15 is 0 Å². The minimum atomic E-state index is -1.28. The summed E-state index contributed by atoms with van der Waals surface area (Å²) in [6.45, 7) is 0. The van der Waals surface area contributed by atoms with Crippen LogP contribution in [0.5, 0.6) is 5.75 Å². The first-order valence-electron chi connectivity index (χ1n) is 3.42. The van der Waals surface area contributed by atoms with Crippen molar-refractivity contribution >= 4 is 58.0 Å². The molecule has 1 aromatic rings. The molecule has 0 amide bonds. The number of phenolic OH excluding ortho intramolecular Hbond substituents is 1. The van der Waals surface area contributed by atoms with E-state index in [1.807, 2.05) is 0 Å². The van der Waals surface area contributed by atoms with Gasteiger partial charge in [0.1, 0.15) is 5.75 Å². The quantitative estimate of drug-likeness (QED) is 0.691. The lowest BCUT2D eigenvalue weighted by Crippen LogP contribution is -2.01. The van der Waals surface area contributed by atoms with Crippen molar-refractivity contribution in [2.75, 3.05) is 5.88 Å². The lowest BCUT2D eigenvalue weighted by Gasteiger charge is -2.00. The first-order chi connectivity index (χ1) is 6.35. The smallest absolute Gasteiger partial charge is 0.203 e. The molecule has 0 aliphatic carbocycles. The third-order valence-electron chi connectivity index (χ3n) is 0.978. The van der Waals surface area contributed by atoms with Gasteiger partial charge in [-0.15, -0.1) is 11.6 Å². The van der Waals surface area contributed by atoms with E-state index in [-0.39, 0.29) is 11.6 Å². The van der Waals surface area contributed by atoms with E-state index in [2.05, 4.69) is 0 Å². The normalized spacial score (nSPS) is 10.4. The van der Waals surface area contributed by atoms with Crippen molar-refractivity contribution in [1.82, 2.24) is 0 Å². The van der Waals surface area contributed by atoms with Gasteiger partial charge in [0.15, 0.2) is 0 Å². The second-order valence-electron chi connectivity index (χ2n) is 2.23. The fourth-order valence-electron chi connectivity index (χ4n) is 0.441. The van der Waals surface area contributed by atoms with Crippen molar-refractivity contribution in [3.05, 3.63) is 29.3 Å². The van der Waals surface area contributed by atoms with E-state index in [1.165, 1.54) is 0 Å². The zero-order valence-corrected chi connectivity index (χ0v) is 10.6. The molecule has 0 fully saturated rings. The Bertz CT molecular complexity index is 232. The largest absolute Gasteiger partial charge is 0.508 e. The highest BCUT2D eigenvalue weighted by Crippen LogP contribution is 2.26. The van der Waals surface area contributed by atoms with E-state index < -0.39 is 3.79 Å². The Morgan fingerprint density at radius 2 is 1.43 bits per heavy atom. The van der Waals surface area contributed by atoms with Gasteiger partial charge in [-0.1, -0.05) is 46.4 Å². The molecule has 0 heterocycles. The van der Waals surface area contributed by atoms with Gasteiger partial charge in [0.2, 0.25) is 3.79 Å². The van der Waals surface area contributed by atoms with Crippen LogP contribution in [-0.2, 0) is 0 Å². The Balaban J connectivity index is 0.000000255. The summed E-state index contributed by atoms with van der Waals surface area (Å²) >= 11 is 25.9. The summed E-state index contributed by atoms with van der Waals surface area (Å²) < 4.78 is -1.28. The lowest BCUT2D eigenvalue weighted by molar-refractivity contribution is 0.475. The van der Waals surface area contributed by atoms with E-state index in [0.717, 1.165) is 0 Å². The van der Waals surface area contributed by atoms with Crippen LogP contribution < -0.4 is 0 Å². The maximum atomic E-state index is 8.70. The zero-order chi connectivity index (χ0) is 11.2. The van der Waals surface area contributed by atoms with Crippen LogP contribution in [-0.4, -0.2) is 14.8 Å². The fourth-order valence-corrected chi connectivity index (χ4v) is 0.567. The molecular weight excluding hydrogens is 289 g/mol. The maximum Gasteiger partial charge on any atom is 0.203 e. The van der Waals surface area contributed by atoms with E-state index in [1.54, 1.807) is 24.3 Å². The van der Waals surface area contributed by atoms with Gasteiger partial charge in [-0.25, -0.2) is 0 Å². The number of benzene rings is 1. The molecule has 80 valence electrons. The minimum Gasteiger partial charge on any atom is -0.508 e. The summed E-state index contributed by atoms with van der Waals surface area (Å²) in [5, 5.41) is 9.34. The number of alkyl halides is 4. The van der Waals surface area contributed by atoms with Gasteiger partial charge in [0.25, 0.3) is 0 Å². The second-order valence-corrected chi connectivity index (χ2v) is 5.44. The highest BCUT2D eigenvalue weighted by atomic mass is 35.6. The molecule has 0 bridgehead atoms. The van der Waals surface area contributed by atoms with E-state index in [0.29, 0.717) is 5.02 Å². The lowest BCUT2D eigenvalue weighted by atomic mass is 10.3. The second kappa shape index (κ2) is 6.86. The van der Waals surface area contributed by atoms with E-state index in [4.69, 9.17) is 63.1 Å². The molecule has 6 heteroatoms. The zero-order valence-electron chi connectivity index (χ0n) is 6.85. The number of halogens is 5. The van der Waals surface area contributed by atoms with Crippen LogP contribution in [0.1, 0.15) is 0 Å². The molecule has 0 aliphatic rings. The van der Waals surface area contributed by atoms with Crippen molar-refractivity contribution in [3.8, 4) is 5.75 Å². The van der Waals surface area contributed by atoms with Crippen LogP contribution in [0.3, 0.4) is 0 Å². The third kappa shape index (κ3) is 9.04. The molecule has 1 N–H and O–H groups in total. The molecular formula is C8H7Cl5O. The Labute approximate surface area is 107 Å². The van der Waals surface area contributed by atoms with Gasteiger partial charge >= 0.3 is 0 Å². The summed E-state index contributed by atoms with van der Waals surface area (Å²) in [7, 11) is 0. The fraction of sp³-hybridized carbons (Fsp3) is 0.250. The van der Waals surface area contributed by atoms with Crippen molar-refractivity contribution in [1.29, 1.82) is 0 Å². The van der Waals surface area contributed by atoms with Crippen LogP contribution in [0.25, 0.3) is 0 Å². The molecule has 0 atom stereocenters. The van der Waals surface area contributed by atoms with Gasteiger partial charge < -0.3 is 5.11 Å². The molecule has 0 radical (unpaired) electrons. The maximum absolute atomic E-state index is 8.70. The van der Waals surface area contributed by atoms with Crippen molar-refractivity contribution in [2.45, 2.75) is 3.79 Å². The first-order valence-corrected chi connectivity index (χ1v) is 5.47. The van der Waals surface area contributed by atoms with Crippen molar-refractivity contribution < 1.29 is 5.11 Å². The van der Waals surface area contributed by atoms with Gasteiger partial charge in [-0.2, -0.15) is 0 Å². The summed E-state index contributed by atoms with van der Waals surface area (Å²) in [5.41, 5.74) is 0. The number of phenols is 1. The van der Waals surface area contributed by atoms with Gasteiger partial charge in [-0.05, 0) is 24.3 Å². The molecule has 0 aliphatic heterocycles. The van der Waals surface area contributed by atoms with Crippen LogP contribution >= 0.6 is 58.0 Å². The summed E-state index contributed by atoms with van der Waals surface area (Å²) in [5.74, 6) is 0.284.